The molecule has 1 aromatic carbocycles. The summed E-state index contributed by atoms with van der Waals surface area (Å²) in [6.07, 6.45) is 0. The molecule has 0 unspecified atom stereocenters. The summed E-state index contributed by atoms with van der Waals surface area (Å²) in [5, 5.41) is 0. The van der Waals surface area contributed by atoms with Crippen molar-refractivity contribution in [2.24, 2.45) is 5.84 Å². The van der Waals surface area contributed by atoms with E-state index in [0.717, 1.165) is 6.54 Å². The van der Waals surface area contributed by atoms with Crippen molar-refractivity contribution < 1.29 is 10.4 Å². The fourth-order valence-electron chi connectivity index (χ4n) is 0.714. The highest BCUT2D eigenvalue weighted by molar-refractivity contribution is 5.13. The molecule has 0 atom stereocenters. The zero-order valence-corrected chi connectivity index (χ0v) is 9.12. The average Bonchev–Trinajstić information content (AvgIpc) is 2.06. The van der Waals surface area contributed by atoms with Crippen molar-refractivity contribution in [2.75, 3.05) is 21.1 Å². The predicted octanol–water partition coefficient (Wildman–Crippen LogP) is -0.766. The second-order valence-corrected chi connectivity index (χ2v) is 3.37. The van der Waals surface area contributed by atoms with Crippen molar-refractivity contribution in [3.8, 4) is 0 Å². The smallest absolute Gasteiger partial charge is 0.0661 e. The molecule has 0 aromatic heterocycles. The Morgan fingerprint density at radius 1 is 1.14 bits per heavy atom. The minimum absolute atomic E-state index is 0. The molecule has 0 bridgehead atoms. The molecular weight excluding hydrogens is 178 g/mol. The van der Waals surface area contributed by atoms with E-state index in [2.05, 4.69) is 26.6 Å². The maximum absolute atomic E-state index is 5.11. The summed E-state index contributed by atoms with van der Waals surface area (Å²) in [6, 6.07) is 10.0. The first kappa shape index (κ1) is 15.5. The second kappa shape index (κ2) is 10.1. The van der Waals surface area contributed by atoms with Gasteiger partial charge < -0.3 is 10.4 Å². The summed E-state index contributed by atoms with van der Waals surface area (Å²) in [6.45, 7) is 0.737. The van der Waals surface area contributed by atoms with Gasteiger partial charge in [0.25, 0.3) is 0 Å². The van der Waals surface area contributed by atoms with Crippen LogP contribution in [0.3, 0.4) is 0 Å². The topological polar surface area (TPSA) is 72.5 Å². The van der Waals surface area contributed by atoms with Crippen molar-refractivity contribution in [1.82, 2.24) is 5.43 Å². The SMILES string of the molecule is C[NH+](C)C.NNCc1ccccc1.[OH-]. The van der Waals surface area contributed by atoms with Gasteiger partial charge in [-0.05, 0) is 5.56 Å². The van der Waals surface area contributed by atoms with Gasteiger partial charge in [-0.1, -0.05) is 30.3 Å². The molecule has 4 nitrogen and oxygen atoms in total. The van der Waals surface area contributed by atoms with E-state index in [1.54, 1.807) is 0 Å². The Labute approximate surface area is 86.0 Å². The molecule has 0 heterocycles. The van der Waals surface area contributed by atoms with Gasteiger partial charge in [-0.3, -0.25) is 11.3 Å². The Bertz CT molecular complexity index is 199. The van der Waals surface area contributed by atoms with Gasteiger partial charge in [-0.2, -0.15) is 0 Å². The Kier molecular flexibility index (Phi) is 11.3. The van der Waals surface area contributed by atoms with Gasteiger partial charge in [-0.25, -0.2) is 0 Å². The van der Waals surface area contributed by atoms with Gasteiger partial charge in [0, 0.05) is 6.54 Å². The molecule has 0 saturated heterocycles. The van der Waals surface area contributed by atoms with Crippen molar-refractivity contribution in [1.29, 1.82) is 0 Å². The molecule has 14 heavy (non-hydrogen) atoms. The molecule has 82 valence electrons. The Morgan fingerprint density at radius 2 is 1.57 bits per heavy atom. The van der Waals surface area contributed by atoms with E-state index in [0.29, 0.717) is 0 Å². The van der Waals surface area contributed by atoms with Crippen LogP contribution in [0.5, 0.6) is 0 Å². The molecule has 0 amide bonds. The highest BCUT2D eigenvalue weighted by atomic mass is 16.0. The minimum Gasteiger partial charge on any atom is -0.870 e. The molecule has 0 radical (unpaired) electrons. The average molecular weight is 199 g/mol. The van der Waals surface area contributed by atoms with Crippen LogP contribution in [0.25, 0.3) is 0 Å². The molecule has 0 aliphatic heterocycles. The lowest BCUT2D eigenvalue weighted by atomic mass is 10.2. The first-order valence-corrected chi connectivity index (χ1v) is 4.41. The third-order valence-electron chi connectivity index (χ3n) is 1.15. The van der Waals surface area contributed by atoms with Crippen LogP contribution in [0.1, 0.15) is 5.56 Å². The van der Waals surface area contributed by atoms with Crippen LogP contribution in [0.2, 0.25) is 0 Å². The molecule has 4 heteroatoms. The Morgan fingerprint density at radius 3 is 1.93 bits per heavy atom. The Balaban J connectivity index is 0. The van der Waals surface area contributed by atoms with Gasteiger partial charge >= 0.3 is 0 Å². The van der Waals surface area contributed by atoms with E-state index in [1.165, 1.54) is 10.5 Å². The second-order valence-electron chi connectivity index (χ2n) is 3.37. The van der Waals surface area contributed by atoms with Crippen molar-refractivity contribution in [3.63, 3.8) is 0 Å². The summed E-state index contributed by atoms with van der Waals surface area (Å²) in [5.41, 5.74) is 3.79. The minimum atomic E-state index is 0. The van der Waals surface area contributed by atoms with Crippen LogP contribution < -0.4 is 16.2 Å². The molecule has 1 aromatic rings. The number of nitrogens with one attached hydrogen (secondary N) is 2. The van der Waals surface area contributed by atoms with Gasteiger partial charge in [0.2, 0.25) is 0 Å². The van der Waals surface area contributed by atoms with Crippen molar-refractivity contribution in [3.05, 3.63) is 35.9 Å². The summed E-state index contributed by atoms with van der Waals surface area (Å²) < 4.78 is 0. The third kappa shape index (κ3) is 11.1. The molecule has 5 N–H and O–H groups in total. The van der Waals surface area contributed by atoms with E-state index in [4.69, 9.17) is 5.84 Å². The molecule has 1 rings (SSSR count). The molecule has 0 aliphatic rings. The first-order valence-electron chi connectivity index (χ1n) is 4.41. The largest absolute Gasteiger partial charge is 0.870 e. The number of hydrogen-bond acceptors (Lipinski definition) is 3. The summed E-state index contributed by atoms with van der Waals surface area (Å²) >= 11 is 0. The van der Waals surface area contributed by atoms with Crippen LogP contribution in [-0.2, 0) is 6.54 Å². The standard InChI is InChI=1S/C7H10N2.C3H9N.H2O/c8-9-6-7-4-2-1-3-5-7;1-4(2)3;/h1-5,9H,6,8H2;1-3H3;1H2. The highest BCUT2D eigenvalue weighted by Gasteiger charge is 1.83. The van der Waals surface area contributed by atoms with Crippen LogP contribution in [-0.4, -0.2) is 26.6 Å². The molecule has 0 fully saturated rings. The van der Waals surface area contributed by atoms with Crippen molar-refractivity contribution >= 4 is 0 Å². The fraction of sp³-hybridized carbons (Fsp3) is 0.400. The van der Waals surface area contributed by atoms with Crippen LogP contribution in [0.4, 0.5) is 0 Å². The number of benzene rings is 1. The quantitative estimate of drug-likeness (QED) is 0.433. The zero-order chi connectivity index (χ0) is 10.1. The van der Waals surface area contributed by atoms with Crippen LogP contribution >= 0.6 is 0 Å². The van der Waals surface area contributed by atoms with Gasteiger partial charge in [-0.15, -0.1) is 0 Å². The number of quaternary nitrogens is 1. The number of nitrogens with two attached hydrogens (primary N) is 1. The van der Waals surface area contributed by atoms with Gasteiger partial charge in [0.1, 0.15) is 0 Å². The normalized spacial score (nSPS) is 8.64. The maximum atomic E-state index is 5.11. The Hall–Kier alpha value is -0.940. The predicted molar refractivity (Wildman–Crippen MR) is 58.1 cm³/mol. The summed E-state index contributed by atoms with van der Waals surface area (Å²) in [7, 11) is 6.25. The third-order valence-corrected chi connectivity index (χ3v) is 1.15. The summed E-state index contributed by atoms with van der Waals surface area (Å²) in [5.74, 6) is 5.11. The van der Waals surface area contributed by atoms with Crippen LogP contribution in [0.15, 0.2) is 30.3 Å². The monoisotopic (exact) mass is 199 g/mol. The van der Waals surface area contributed by atoms with E-state index in [-0.39, 0.29) is 5.48 Å². The molecule has 0 spiro atoms. The van der Waals surface area contributed by atoms with Gasteiger partial charge in [0.05, 0.1) is 21.1 Å². The fourth-order valence-corrected chi connectivity index (χ4v) is 0.714. The highest BCUT2D eigenvalue weighted by Crippen LogP contribution is 1.95. The number of hydrogen-bond donors (Lipinski definition) is 3. The van der Waals surface area contributed by atoms with E-state index >= 15 is 0 Å². The molecule has 0 saturated carbocycles. The lowest BCUT2D eigenvalue weighted by Crippen LogP contribution is -3.02. The number of rotatable bonds is 2. The van der Waals surface area contributed by atoms with Crippen molar-refractivity contribution in [2.45, 2.75) is 6.54 Å². The lowest BCUT2D eigenvalue weighted by molar-refractivity contribution is -0.836. The van der Waals surface area contributed by atoms with E-state index in [1.807, 2.05) is 30.3 Å². The van der Waals surface area contributed by atoms with Gasteiger partial charge in [0.15, 0.2) is 0 Å². The van der Waals surface area contributed by atoms with E-state index < -0.39 is 0 Å². The summed E-state index contributed by atoms with van der Waals surface area (Å²) in [4.78, 5) is 1.42. The molecule has 0 aliphatic carbocycles. The maximum Gasteiger partial charge on any atom is 0.0661 e. The number of hydrazine groups is 1. The first-order chi connectivity index (χ1) is 6.16. The van der Waals surface area contributed by atoms with E-state index in [9.17, 15) is 0 Å². The zero-order valence-electron chi connectivity index (χ0n) is 9.12. The molecular formula is C10H21N3O. The van der Waals surface area contributed by atoms with Crippen LogP contribution in [0, 0.1) is 0 Å². The lowest BCUT2D eigenvalue weighted by Gasteiger charge is -1.95.